The SMILES string of the molecule is CC(N)CC(O)c1ccc(F)c(Cl)c1. The topological polar surface area (TPSA) is 46.2 Å². The van der Waals surface area contributed by atoms with Gasteiger partial charge in [-0.15, -0.1) is 0 Å². The Morgan fingerprint density at radius 3 is 2.71 bits per heavy atom. The third-order valence-corrected chi connectivity index (χ3v) is 2.21. The van der Waals surface area contributed by atoms with E-state index in [9.17, 15) is 9.50 Å². The molecule has 4 heteroatoms. The van der Waals surface area contributed by atoms with Crippen LogP contribution in [0.25, 0.3) is 0 Å². The summed E-state index contributed by atoms with van der Waals surface area (Å²) in [6, 6.07) is 4.06. The van der Waals surface area contributed by atoms with E-state index >= 15 is 0 Å². The fourth-order valence-electron chi connectivity index (χ4n) is 1.21. The second kappa shape index (κ2) is 4.73. The highest BCUT2D eigenvalue weighted by atomic mass is 35.5. The normalized spacial score (nSPS) is 15.2. The van der Waals surface area contributed by atoms with Crippen LogP contribution in [0.3, 0.4) is 0 Å². The Kier molecular flexibility index (Phi) is 3.86. The van der Waals surface area contributed by atoms with Gasteiger partial charge in [0, 0.05) is 6.04 Å². The van der Waals surface area contributed by atoms with E-state index in [1.165, 1.54) is 18.2 Å². The average Bonchev–Trinajstić information content (AvgIpc) is 2.08. The van der Waals surface area contributed by atoms with Gasteiger partial charge in [-0.05, 0) is 31.0 Å². The van der Waals surface area contributed by atoms with Crippen LogP contribution in [0.2, 0.25) is 5.02 Å². The molecule has 0 bridgehead atoms. The fraction of sp³-hybridized carbons (Fsp3) is 0.400. The molecule has 2 nitrogen and oxygen atoms in total. The highest BCUT2D eigenvalue weighted by Crippen LogP contribution is 2.23. The fourth-order valence-corrected chi connectivity index (χ4v) is 1.40. The molecule has 0 heterocycles. The Balaban J connectivity index is 2.80. The van der Waals surface area contributed by atoms with Gasteiger partial charge in [0.15, 0.2) is 0 Å². The summed E-state index contributed by atoms with van der Waals surface area (Å²) in [5.41, 5.74) is 6.12. The highest BCUT2D eigenvalue weighted by Gasteiger charge is 2.11. The number of halogens is 2. The number of benzene rings is 1. The lowest BCUT2D eigenvalue weighted by molar-refractivity contribution is 0.160. The van der Waals surface area contributed by atoms with Crippen LogP contribution in [-0.2, 0) is 0 Å². The molecule has 0 saturated carbocycles. The molecule has 0 aliphatic carbocycles. The van der Waals surface area contributed by atoms with Crippen LogP contribution in [0.15, 0.2) is 18.2 Å². The van der Waals surface area contributed by atoms with Crippen LogP contribution in [0, 0.1) is 5.82 Å². The van der Waals surface area contributed by atoms with Crippen molar-refractivity contribution in [2.75, 3.05) is 0 Å². The van der Waals surface area contributed by atoms with Crippen LogP contribution in [0.1, 0.15) is 25.0 Å². The second-order valence-corrected chi connectivity index (χ2v) is 3.81. The standard InChI is InChI=1S/C10H13ClFNO/c1-6(13)4-10(14)7-2-3-9(12)8(11)5-7/h2-3,5-6,10,14H,4,13H2,1H3. The van der Waals surface area contributed by atoms with Gasteiger partial charge < -0.3 is 10.8 Å². The molecule has 3 N–H and O–H groups in total. The molecule has 1 rings (SSSR count). The van der Waals surface area contributed by atoms with Crippen LogP contribution in [0.4, 0.5) is 4.39 Å². The maximum Gasteiger partial charge on any atom is 0.141 e. The Morgan fingerprint density at radius 2 is 2.21 bits per heavy atom. The molecular weight excluding hydrogens is 205 g/mol. The first kappa shape index (κ1) is 11.4. The molecule has 1 aromatic rings. The van der Waals surface area contributed by atoms with E-state index in [-0.39, 0.29) is 11.1 Å². The van der Waals surface area contributed by atoms with Crippen molar-refractivity contribution >= 4 is 11.6 Å². The summed E-state index contributed by atoms with van der Waals surface area (Å²) >= 11 is 5.58. The number of hydrogen-bond acceptors (Lipinski definition) is 2. The van der Waals surface area contributed by atoms with Gasteiger partial charge in [-0.25, -0.2) is 4.39 Å². The van der Waals surface area contributed by atoms with Gasteiger partial charge >= 0.3 is 0 Å². The number of nitrogens with two attached hydrogens (primary N) is 1. The lowest BCUT2D eigenvalue weighted by Gasteiger charge is -2.13. The molecular formula is C10H13ClFNO. The summed E-state index contributed by atoms with van der Waals surface area (Å²) in [4.78, 5) is 0. The van der Waals surface area contributed by atoms with Gasteiger partial charge in [0.25, 0.3) is 0 Å². The summed E-state index contributed by atoms with van der Waals surface area (Å²) < 4.78 is 12.8. The first-order valence-corrected chi connectivity index (χ1v) is 4.77. The van der Waals surface area contributed by atoms with E-state index in [2.05, 4.69) is 0 Å². The van der Waals surface area contributed by atoms with E-state index in [0.717, 1.165) is 0 Å². The van der Waals surface area contributed by atoms with Crippen LogP contribution in [0.5, 0.6) is 0 Å². The predicted molar refractivity (Wildman–Crippen MR) is 54.6 cm³/mol. The van der Waals surface area contributed by atoms with Gasteiger partial charge in [-0.2, -0.15) is 0 Å². The molecule has 14 heavy (non-hydrogen) atoms. The quantitative estimate of drug-likeness (QED) is 0.816. The Morgan fingerprint density at radius 1 is 1.57 bits per heavy atom. The Bertz CT molecular complexity index is 317. The maximum absolute atomic E-state index is 12.8. The molecule has 0 radical (unpaired) electrons. The number of aliphatic hydroxyl groups is 1. The number of aliphatic hydroxyl groups excluding tert-OH is 1. The van der Waals surface area contributed by atoms with E-state index in [4.69, 9.17) is 17.3 Å². The molecule has 0 amide bonds. The third-order valence-electron chi connectivity index (χ3n) is 1.92. The van der Waals surface area contributed by atoms with Crippen LogP contribution in [-0.4, -0.2) is 11.1 Å². The summed E-state index contributed by atoms with van der Waals surface area (Å²) in [6.07, 6.45) is -0.254. The second-order valence-electron chi connectivity index (χ2n) is 3.40. The largest absolute Gasteiger partial charge is 0.388 e. The molecule has 0 aliphatic heterocycles. The van der Waals surface area contributed by atoms with E-state index in [1.807, 2.05) is 0 Å². The molecule has 2 unspecified atom stereocenters. The summed E-state index contributed by atoms with van der Waals surface area (Å²) in [7, 11) is 0. The van der Waals surface area contributed by atoms with E-state index in [0.29, 0.717) is 12.0 Å². The molecule has 0 spiro atoms. The smallest absolute Gasteiger partial charge is 0.141 e. The Labute approximate surface area is 87.5 Å². The minimum atomic E-state index is -0.687. The lowest BCUT2D eigenvalue weighted by Crippen LogP contribution is -2.18. The van der Waals surface area contributed by atoms with Crippen molar-refractivity contribution in [3.63, 3.8) is 0 Å². The van der Waals surface area contributed by atoms with Gasteiger partial charge in [-0.1, -0.05) is 17.7 Å². The first-order valence-electron chi connectivity index (χ1n) is 4.39. The molecule has 0 aliphatic rings. The minimum Gasteiger partial charge on any atom is -0.388 e. The maximum atomic E-state index is 12.8. The van der Waals surface area contributed by atoms with Crippen molar-refractivity contribution in [3.8, 4) is 0 Å². The van der Waals surface area contributed by atoms with Crippen molar-refractivity contribution in [1.29, 1.82) is 0 Å². The zero-order valence-electron chi connectivity index (χ0n) is 7.87. The summed E-state index contributed by atoms with van der Waals surface area (Å²) in [6.45, 7) is 1.80. The average molecular weight is 218 g/mol. The molecule has 1 aromatic carbocycles. The van der Waals surface area contributed by atoms with Gasteiger partial charge in [-0.3, -0.25) is 0 Å². The van der Waals surface area contributed by atoms with Crippen molar-refractivity contribution in [2.24, 2.45) is 5.73 Å². The predicted octanol–water partition coefficient (Wildman–Crippen LogP) is 2.25. The van der Waals surface area contributed by atoms with Crippen molar-refractivity contribution in [3.05, 3.63) is 34.6 Å². The van der Waals surface area contributed by atoms with Gasteiger partial charge in [0.2, 0.25) is 0 Å². The van der Waals surface area contributed by atoms with Crippen molar-refractivity contribution < 1.29 is 9.50 Å². The zero-order chi connectivity index (χ0) is 10.7. The van der Waals surface area contributed by atoms with Gasteiger partial charge in [0.05, 0.1) is 11.1 Å². The molecule has 0 aromatic heterocycles. The molecule has 0 fully saturated rings. The van der Waals surface area contributed by atoms with Gasteiger partial charge in [0.1, 0.15) is 5.82 Å². The number of rotatable bonds is 3. The molecule has 78 valence electrons. The number of hydrogen-bond donors (Lipinski definition) is 2. The monoisotopic (exact) mass is 217 g/mol. The lowest BCUT2D eigenvalue weighted by atomic mass is 10.0. The van der Waals surface area contributed by atoms with E-state index < -0.39 is 11.9 Å². The van der Waals surface area contributed by atoms with Crippen LogP contribution < -0.4 is 5.73 Å². The molecule has 0 saturated heterocycles. The first-order chi connectivity index (χ1) is 6.50. The van der Waals surface area contributed by atoms with Crippen molar-refractivity contribution in [1.82, 2.24) is 0 Å². The summed E-state index contributed by atoms with van der Waals surface area (Å²) in [5, 5.41) is 9.66. The molecule has 2 atom stereocenters. The third kappa shape index (κ3) is 2.94. The Hall–Kier alpha value is -0.640. The van der Waals surface area contributed by atoms with Crippen molar-refractivity contribution in [2.45, 2.75) is 25.5 Å². The minimum absolute atomic E-state index is 0.0197. The zero-order valence-corrected chi connectivity index (χ0v) is 8.63. The highest BCUT2D eigenvalue weighted by molar-refractivity contribution is 6.30. The summed E-state index contributed by atoms with van der Waals surface area (Å²) in [5.74, 6) is -0.483. The van der Waals surface area contributed by atoms with E-state index in [1.54, 1.807) is 6.92 Å². The van der Waals surface area contributed by atoms with Crippen LogP contribution >= 0.6 is 11.6 Å².